The van der Waals surface area contributed by atoms with Gasteiger partial charge in [0.15, 0.2) is 0 Å². The van der Waals surface area contributed by atoms with Crippen molar-refractivity contribution in [3.05, 3.63) is 35.5 Å². The molecule has 0 aliphatic heterocycles. The molecule has 0 spiro atoms. The Kier molecular flexibility index (Phi) is 3.26. The van der Waals surface area contributed by atoms with E-state index in [1.54, 1.807) is 5.57 Å². The average molecular weight is 296 g/mol. The third-order valence-electron chi connectivity index (χ3n) is 7.89. The van der Waals surface area contributed by atoms with Gasteiger partial charge in [0.05, 0.1) is 0 Å². The second-order valence-electron chi connectivity index (χ2n) is 9.20. The van der Waals surface area contributed by atoms with Crippen LogP contribution in [0.15, 0.2) is 35.5 Å². The van der Waals surface area contributed by atoms with Crippen molar-refractivity contribution in [1.29, 1.82) is 0 Å². The van der Waals surface area contributed by atoms with E-state index >= 15 is 0 Å². The number of fused-ring (bicyclic) bond motifs is 5. The zero-order valence-corrected chi connectivity index (χ0v) is 14.9. The summed E-state index contributed by atoms with van der Waals surface area (Å²) < 4.78 is 0. The Hall–Kier alpha value is -0.780. The molecule has 0 saturated heterocycles. The number of allylic oxidation sites excluding steroid dienone is 5. The van der Waals surface area contributed by atoms with Crippen LogP contribution in [0.4, 0.5) is 0 Å². The Morgan fingerprint density at radius 1 is 1.18 bits per heavy atom. The Morgan fingerprint density at radius 2 is 1.95 bits per heavy atom. The summed E-state index contributed by atoms with van der Waals surface area (Å²) in [5.74, 6) is 5.14. The second kappa shape index (κ2) is 4.86. The molecule has 0 aromatic rings. The summed E-state index contributed by atoms with van der Waals surface area (Å²) in [5, 5.41) is 0. The van der Waals surface area contributed by atoms with Crippen molar-refractivity contribution in [2.75, 3.05) is 0 Å². The molecular weight excluding hydrogens is 264 g/mol. The number of hydrogen-bond donors (Lipinski definition) is 0. The van der Waals surface area contributed by atoms with Gasteiger partial charge in [-0.2, -0.15) is 0 Å². The lowest BCUT2D eigenvalue weighted by Gasteiger charge is -2.56. The molecule has 4 rings (SSSR count). The first-order valence-corrected chi connectivity index (χ1v) is 9.50. The Bertz CT molecular complexity index is 563. The molecule has 0 heteroatoms. The highest BCUT2D eigenvalue weighted by Gasteiger charge is 2.55. The van der Waals surface area contributed by atoms with E-state index in [2.05, 4.69) is 46.4 Å². The topological polar surface area (TPSA) is 0 Å². The Morgan fingerprint density at radius 3 is 2.73 bits per heavy atom. The Balaban J connectivity index is 1.76. The molecule has 0 N–H and O–H groups in total. The van der Waals surface area contributed by atoms with E-state index in [-0.39, 0.29) is 0 Å². The number of rotatable bonds is 0. The van der Waals surface area contributed by atoms with Crippen molar-refractivity contribution >= 4 is 0 Å². The van der Waals surface area contributed by atoms with Crippen LogP contribution in [-0.4, -0.2) is 0 Å². The maximum Gasteiger partial charge on any atom is -0.00822 e. The minimum atomic E-state index is 0.494. The molecule has 0 nitrogen and oxygen atoms in total. The van der Waals surface area contributed by atoms with Crippen LogP contribution in [0.25, 0.3) is 0 Å². The monoisotopic (exact) mass is 296 g/mol. The van der Waals surface area contributed by atoms with Gasteiger partial charge in [0.2, 0.25) is 0 Å². The van der Waals surface area contributed by atoms with Crippen LogP contribution in [0, 0.1) is 40.9 Å². The zero-order valence-electron chi connectivity index (χ0n) is 14.9. The summed E-state index contributed by atoms with van der Waals surface area (Å²) in [6, 6.07) is 0. The maximum absolute atomic E-state index is 4.24. The molecule has 7 atom stereocenters. The van der Waals surface area contributed by atoms with E-state index in [0.29, 0.717) is 5.41 Å². The molecule has 4 aliphatic carbocycles. The van der Waals surface area contributed by atoms with E-state index in [1.807, 2.05) is 5.57 Å². The van der Waals surface area contributed by atoms with Gasteiger partial charge in [-0.3, -0.25) is 0 Å². The van der Waals surface area contributed by atoms with E-state index in [0.717, 1.165) is 35.5 Å². The van der Waals surface area contributed by atoms with Crippen molar-refractivity contribution in [1.82, 2.24) is 0 Å². The van der Waals surface area contributed by atoms with Gasteiger partial charge in [0.1, 0.15) is 0 Å². The molecule has 6 unspecified atom stereocenters. The summed E-state index contributed by atoms with van der Waals surface area (Å²) in [5.41, 5.74) is 5.47. The molecule has 0 radical (unpaired) electrons. The largest absolute Gasteiger partial charge is 0.0958 e. The van der Waals surface area contributed by atoms with Crippen molar-refractivity contribution in [3.8, 4) is 0 Å². The van der Waals surface area contributed by atoms with Crippen LogP contribution in [0.2, 0.25) is 0 Å². The van der Waals surface area contributed by atoms with E-state index in [4.69, 9.17) is 0 Å². The summed E-state index contributed by atoms with van der Waals surface area (Å²) in [6.45, 7) is 14.4. The fraction of sp³-hybridized carbons (Fsp3) is 0.727. The summed E-state index contributed by atoms with van der Waals surface area (Å²) in [4.78, 5) is 0. The lowest BCUT2D eigenvalue weighted by atomic mass is 9.48. The fourth-order valence-corrected chi connectivity index (χ4v) is 6.73. The first kappa shape index (κ1) is 14.8. The molecule has 2 fully saturated rings. The predicted octanol–water partition coefficient (Wildman–Crippen LogP) is 6.16. The standard InChI is InChI=1S/C22H32/c1-13-6-8-18-17(10-13)11-14(2)21-19-9-7-16(4)22(19,5)12-15(3)20(18)21/h9-10,14-16,18,20-21H,1,6-8,11-12H2,2-5H3/t14-,15?,16?,18?,20?,21?,22?/m1/s1. The van der Waals surface area contributed by atoms with Crippen LogP contribution in [0.5, 0.6) is 0 Å². The van der Waals surface area contributed by atoms with Crippen molar-refractivity contribution in [3.63, 3.8) is 0 Å². The minimum absolute atomic E-state index is 0.494. The van der Waals surface area contributed by atoms with Crippen LogP contribution in [-0.2, 0) is 0 Å². The molecule has 0 bridgehead atoms. The highest BCUT2D eigenvalue weighted by Crippen LogP contribution is 2.64. The molecule has 2 saturated carbocycles. The first-order chi connectivity index (χ1) is 10.4. The molecule has 0 amide bonds. The van der Waals surface area contributed by atoms with Crippen LogP contribution >= 0.6 is 0 Å². The third-order valence-corrected chi connectivity index (χ3v) is 7.89. The lowest BCUT2D eigenvalue weighted by Crippen LogP contribution is -2.49. The van der Waals surface area contributed by atoms with Gasteiger partial charge in [-0.25, -0.2) is 0 Å². The van der Waals surface area contributed by atoms with Gasteiger partial charge in [-0.1, -0.05) is 63.1 Å². The molecule has 0 aromatic heterocycles. The normalized spacial score (nSPS) is 50.6. The van der Waals surface area contributed by atoms with E-state index in [9.17, 15) is 0 Å². The highest BCUT2D eigenvalue weighted by atomic mass is 14.6. The lowest BCUT2D eigenvalue weighted by molar-refractivity contribution is 0.0216. The van der Waals surface area contributed by atoms with Crippen molar-refractivity contribution < 1.29 is 0 Å². The smallest absolute Gasteiger partial charge is 0.00822 e. The van der Waals surface area contributed by atoms with Crippen LogP contribution in [0.1, 0.15) is 59.8 Å². The fourth-order valence-electron chi connectivity index (χ4n) is 6.73. The van der Waals surface area contributed by atoms with Crippen molar-refractivity contribution in [2.24, 2.45) is 40.9 Å². The van der Waals surface area contributed by atoms with Gasteiger partial charge in [-0.15, -0.1) is 0 Å². The number of hydrogen-bond acceptors (Lipinski definition) is 0. The quantitative estimate of drug-likeness (QED) is 0.469. The van der Waals surface area contributed by atoms with E-state index < -0.39 is 0 Å². The maximum atomic E-state index is 4.24. The summed E-state index contributed by atoms with van der Waals surface area (Å²) in [6.07, 6.45) is 11.8. The summed E-state index contributed by atoms with van der Waals surface area (Å²) >= 11 is 0. The molecular formula is C22H32. The Labute approximate surface area is 136 Å². The molecule has 22 heavy (non-hydrogen) atoms. The summed E-state index contributed by atoms with van der Waals surface area (Å²) in [7, 11) is 0. The SMILES string of the molecule is C=C1C=C2C[C@@H](C)C3C4=CCC(C)C4(C)CC(C)C3C2CC1. The zero-order chi connectivity index (χ0) is 15.6. The van der Waals surface area contributed by atoms with Gasteiger partial charge in [-0.05, 0) is 73.0 Å². The van der Waals surface area contributed by atoms with Crippen molar-refractivity contribution in [2.45, 2.75) is 59.8 Å². The van der Waals surface area contributed by atoms with E-state index in [1.165, 1.54) is 37.7 Å². The van der Waals surface area contributed by atoms with Gasteiger partial charge >= 0.3 is 0 Å². The minimum Gasteiger partial charge on any atom is -0.0958 e. The highest BCUT2D eigenvalue weighted by molar-refractivity contribution is 5.35. The molecule has 120 valence electrons. The molecule has 0 aromatic carbocycles. The third kappa shape index (κ3) is 1.88. The van der Waals surface area contributed by atoms with Gasteiger partial charge in [0, 0.05) is 0 Å². The van der Waals surface area contributed by atoms with Gasteiger partial charge < -0.3 is 0 Å². The average Bonchev–Trinajstić information content (AvgIpc) is 2.74. The van der Waals surface area contributed by atoms with Crippen LogP contribution in [0.3, 0.4) is 0 Å². The van der Waals surface area contributed by atoms with Gasteiger partial charge in [0.25, 0.3) is 0 Å². The second-order valence-corrected chi connectivity index (χ2v) is 9.20. The molecule has 4 aliphatic rings. The molecule has 0 heterocycles. The van der Waals surface area contributed by atoms with Crippen LogP contribution < -0.4 is 0 Å². The predicted molar refractivity (Wildman–Crippen MR) is 94.5 cm³/mol. The first-order valence-electron chi connectivity index (χ1n) is 9.50.